The number of hydrogen-bond donors (Lipinski definition) is 2. The van der Waals surface area contributed by atoms with E-state index < -0.39 is 0 Å². The van der Waals surface area contributed by atoms with Crippen molar-refractivity contribution in [2.24, 2.45) is 4.99 Å². The third-order valence-electron chi connectivity index (χ3n) is 2.74. The molecule has 0 saturated heterocycles. The van der Waals surface area contributed by atoms with Gasteiger partial charge < -0.3 is 20.3 Å². The number of nitrogens with zero attached hydrogens (tertiary/aromatic N) is 2. The molecule has 0 atom stereocenters. The van der Waals surface area contributed by atoms with E-state index in [1.54, 1.807) is 7.11 Å². The number of hydrogen-bond acceptors (Lipinski definition) is 3. The van der Waals surface area contributed by atoms with Gasteiger partial charge in [0.15, 0.2) is 5.96 Å². The first-order valence-electron chi connectivity index (χ1n) is 7.01. The molecule has 0 aliphatic heterocycles. The molecule has 0 bridgehead atoms. The van der Waals surface area contributed by atoms with E-state index in [-0.39, 0.29) is 24.0 Å². The molecule has 0 aromatic carbocycles. The molecule has 0 radical (unpaired) electrons. The van der Waals surface area contributed by atoms with Gasteiger partial charge in [-0.25, -0.2) is 0 Å². The zero-order valence-electron chi connectivity index (χ0n) is 12.9. The lowest BCUT2D eigenvalue weighted by atomic mass is 10.4. The molecule has 0 aromatic rings. The van der Waals surface area contributed by atoms with Gasteiger partial charge in [0.25, 0.3) is 0 Å². The second kappa shape index (κ2) is 16.0. The third kappa shape index (κ3) is 12.7. The molecule has 0 spiro atoms. The Balaban J connectivity index is 0. The Kier molecular flexibility index (Phi) is 17.8. The van der Waals surface area contributed by atoms with E-state index in [1.807, 2.05) is 0 Å². The van der Waals surface area contributed by atoms with Gasteiger partial charge in [-0.05, 0) is 26.4 Å². The summed E-state index contributed by atoms with van der Waals surface area (Å²) in [5.41, 5.74) is 0. The van der Waals surface area contributed by atoms with E-state index in [0.717, 1.165) is 58.3 Å². The minimum absolute atomic E-state index is 0. The summed E-state index contributed by atoms with van der Waals surface area (Å²) in [6.45, 7) is 13.1. The summed E-state index contributed by atoms with van der Waals surface area (Å²) in [6, 6.07) is 0. The van der Waals surface area contributed by atoms with Crippen LogP contribution in [0.3, 0.4) is 0 Å². The van der Waals surface area contributed by atoms with Gasteiger partial charge in [0.2, 0.25) is 0 Å². The van der Waals surface area contributed by atoms with Crippen molar-refractivity contribution in [3.63, 3.8) is 0 Å². The zero-order chi connectivity index (χ0) is 13.6. The van der Waals surface area contributed by atoms with Crippen LogP contribution in [-0.2, 0) is 4.74 Å². The van der Waals surface area contributed by atoms with Gasteiger partial charge in [0, 0.05) is 39.9 Å². The van der Waals surface area contributed by atoms with Crippen LogP contribution in [0.4, 0.5) is 0 Å². The van der Waals surface area contributed by atoms with Crippen LogP contribution in [0, 0.1) is 0 Å². The van der Waals surface area contributed by atoms with Gasteiger partial charge in [0.05, 0.1) is 0 Å². The molecular weight excluding hydrogens is 355 g/mol. The summed E-state index contributed by atoms with van der Waals surface area (Å²) in [6.07, 6.45) is 0.961. The minimum Gasteiger partial charge on any atom is -0.385 e. The maximum absolute atomic E-state index is 5.01. The molecule has 19 heavy (non-hydrogen) atoms. The fourth-order valence-corrected chi connectivity index (χ4v) is 1.61. The Labute approximate surface area is 135 Å². The van der Waals surface area contributed by atoms with Gasteiger partial charge in [-0.2, -0.15) is 0 Å². The van der Waals surface area contributed by atoms with E-state index >= 15 is 0 Å². The molecule has 0 unspecified atom stereocenters. The van der Waals surface area contributed by atoms with Gasteiger partial charge in [-0.15, -0.1) is 24.0 Å². The number of methoxy groups -OCH3 is 1. The lowest BCUT2D eigenvalue weighted by Crippen LogP contribution is -2.41. The molecule has 116 valence electrons. The van der Waals surface area contributed by atoms with Crippen molar-refractivity contribution in [3.8, 4) is 0 Å². The van der Waals surface area contributed by atoms with Crippen LogP contribution in [0.1, 0.15) is 27.2 Å². The van der Waals surface area contributed by atoms with Crippen LogP contribution in [0.15, 0.2) is 4.99 Å². The number of nitrogens with one attached hydrogen (secondary N) is 2. The third-order valence-corrected chi connectivity index (χ3v) is 2.74. The fraction of sp³-hybridized carbons (Fsp3) is 0.923. The van der Waals surface area contributed by atoms with Crippen molar-refractivity contribution in [3.05, 3.63) is 0 Å². The van der Waals surface area contributed by atoms with Crippen molar-refractivity contribution < 1.29 is 4.74 Å². The zero-order valence-corrected chi connectivity index (χ0v) is 15.2. The molecule has 0 amide bonds. The number of rotatable bonds is 10. The van der Waals surface area contributed by atoms with Gasteiger partial charge in [0.1, 0.15) is 0 Å². The van der Waals surface area contributed by atoms with E-state index in [9.17, 15) is 0 Å². The minimum atomic E-state index is 0. The van der Waals surface area contributed by atoms with Crippen molar-refractivity contribution >= 4 is 29.9 Å². The van der Waals surface area contributed by atoms with Crippen molar-refractivity contribution in [1.82, 2.24) is 15.5 Å². The number of halogens is 1. The van der Waals surface area contributed by atoms with E-state index in [1.165, 1.54) is 0 Å². The van der Waals surface area contributed by atoms with Crippen LogP contribution >= 0.6 is 24.0 Å². The molecule has 6 heteroatoms. The van der Waals surface area contributed by atoms with Crippen LogP contribution in [0.2, 0.25) is 0 Å². The molecular formula is C13H31IN4O. The highest BCUT2D eigenvalue weighted by Gasteiger charge is 2.00. The Morgan fingerprint density at radius 2 is 1.84 bits per heavy atom. The predicted molar refractivity (Wildman–Crippen MR) is 93.7 cm³/mol. The molecule has 0 aliphatic carbocycles. The first kappa shape index (κ1) is 21.2. The topological polar surface area (TPSA) is 48.9 Å². The summed E-state index contributed by atoms with van der Waals surface area (Å²) in [5, 5.41) is 6.60. The van der Waals surface area contributed by atoms with Crippen LogP contribution in [-0.4, -0.2) is 63.8 Å². The average Bonchev–Trinajstić information content (AvgIpc) is 2.39. The number of guanidine groups is 1. The molecule has 0 aromatic heterocycles. The van der Waals surface area contributed by atoms with E-state index in [2.05, 4.69) is 41.3 Å². The van der Waals surface area contributed by atoms with Gasteiger partial charge in [-0.1, -0.05) is 13.8 Å². The van der Waals surface area contributed by atoms with Crippen LogP contribution < -0.4 is 10.6 Å². The van der Waals surface area contributed by atoms with Crippen molar-refractivity contribution in [2.75, 3.05) is 53.0 Å². The summed E-state index contributed by atoms with van der Waals surface area (Å²) >= 11 is 0. The summed E-state index contributed by atoms with van der Waals surface area (Å²) < 4.78 is 5.01. The summed E-state index contributed by atoms with van der Waals surface area (Å²) in [5.74, 6) is 0.903. The largest absolute Gasteiger partial charge is 0.385 e. The van der Waals surface area contributed by atoms with E-state index in [0.29, 0.717) is 0 Å². The standard InChI is InChI=1S/C13H30N4O.HI/c1-5-14-13(15-9-8-12-18-4)16-10-11-17(6-2)7-3;/h5-12H2,1-4H3,(H2,14,15,16);1H. The molecule has 0 heterocycles. The molecule has 0 saturated carbocycles. The number of ether oxygens (including phenoxy) is 1. The first-order chi connectivity index (χ1) is 8.78. The predicted octanol–water partition coefficient (Wildman–Crippen LogP) is 1.54. The fourth-order valence-electron chi connectivity index (χ4n) is 1.61. The normalized spacial score (nSPS) is 11.3. The summed E-state index contributed by atoms with van der Waals surface area (Å²) in [7, 11) is 1.72. The molecule has 5 nitrogen and oxygen atoms in total. The Morgan fingerprint density at radius 1 is 1.16 bits per heavy atom. The van der Waals surface area contributed by atoms with Gasteiger partial charge in [-0.3, -0.25) is 4.99 Å². The SMILES string of the molecule is CCNC(=NCCCOC)NCCN(CC)CC.I. The van der Waals surface area contributed by atoms with Crippen molar-refractivity contribution in [1.29, 1.82) is 0 Å². The Hall–Kier alpha value is -0.0800. The highest BCUT2D eigenvalue weighted by atomic mass is 127. The van der Waals surface area contributed by atoms with Crippen LogP contribution in [0.25, 0.3) is 0 Å². The summed E-state index contributed by atoms with van der Waals surface area (Å²) in [4.78, 5) is 6.89. The average molecular weight is 386 g/mol. The second-order valence-corrected chi connectivity index (χ2v) is 4.06. The maximum Gasteiger partial charge on any atom is 0.191 e. The lowest BCUT2D eigenvalue weighted by Gasteiger charge is -2.19. The highest BCUT2D eigenvalue weighted by molar-refractivity contribution is 14.0. The van der Waals surface area contributed by atoms with Gasteiger partial charge >= 0.3 is 0 Å². The van der Waals surface area contributed by atoms with Crippen LogP contribution in [0.5, 0.6) is 0 Å². The molecule has 2 N–H and O–H groups in total. The Morgan fingerprint density at radius 3 is 2.37 bits per heavy atom. The molecule has 0 rings (SSSR count). The van der Waals surface area contributed by atoms with E-state index in [4.69, 9.17) is 4.74 Å². The highest BCUT2D eigenvalue weighted by Crippen LogP contribution is 1.85. The second-order valence-electron chi connectivity index (χ2n) is 4.06. The monoisotopic (exact) mass is 386 g/mol. The Bertz CT molecular complexity index is 211. The maximum atomic E-state index is 5.01. The quantitative estimate of drug-likeness (QED) is 0.259. The first-order valence-corrected chi connectivity index (χ1v) is 7.01. The molecule has 0 aliphatic rings. The smallest absolute Gasteiger partial charge is 0.191 e. The number of aliphatic imine (C=N–C) groups is 1. The lowest BCUT2D eigenvalue weighted by molar-refractivity contribution is 0.197. The van der Waals surface area contributed by atoms with Crippen molar-refractivity contribution in [2.45, 2.75) is 27.2 Å². The number of likely N-dealkylation sites (N-methyl/N-ethyl adjacent to an activating group) is 1. The molecule has 0 fully saturated rings.